The summed E-state index contributed by atoms with van der Waals surface area (Å²) >= 11 is 0. The summed E-state index contributed by atoms with van der Waals surface area (Å²) in [6.07, 6.45) is 5.29. The summed E-state index contributed by atoms with van der Waals surface area (Å²) in [4.78, 5) is 18.5. The molecule has 0 amide bonds. The molecule has 0 aliphatic carbocycles. The van der Waals surface area contributed by atoms with Crippen molar-refractivity contribution in [1.82, 2.24) is 9.55 Å². The first-order chi connectivity index (χ1) is 9.25. The van der Waals surface area contributed by atoms with E-state index >= 15 is 0 Å². The smallest absolute Gasteiger partial charge is 0.166 e. The molecule has 2 heterocycles. The van der Waals surface area contributed by atoms with Gasteiger partial charge in [0.05, 0.1) is 0 Å². The van der Waals surface area contributed by atoms with Gasteiger partial charge in [0.25, 0.3) is 0 Å². The van der Waals surface area contributed by atoms with Crippen molar-refractivity contribution in [3.8, 4) is 0 Å². The van der Waals surface area contributed by atoms with Gasteiger partial charge in [-0.25, -0.2) is 4.98 Å². The maximum atomic E-state index is 11.9. The average Bonchev–Trinajstić information content (AvgIpc) is 2.84. The third-order valence-corrected chi connectivity index (χ3v) is 3.68. The lowest BCUT2D eigenvalue weighted by atomic mass is 10.0. The zero-order valence-corrected chi connectivity index (χ0v) is 11.0. The summed E-state index contributed by atoms with van der Waals surface area (Å²) in [5.41, 5.74) is 1.92. The van der Waals surface area contributed by atoms with Crippen LogP contribution in [0.5, 0.6) is 0 Å². The van der Waals surface area contributed by atoms with Crippen LogP contribution >= 0.6 is 0 Å². The maximum absolute atomic E-state index is 11.9. The Balaban J connectivity index is 1.78. The van der Waals surface area contributed by atoms with E-state index in [1.165, 1.54) is 0 Å². The summed E-state index contributed by atoms with van der Waals surface area (Å²) in [5, 5.41) is 0. The van der Waals surface area contributed by atoms with Crippen molar-refractivity contribution >= 4 is 11.5 Å². The predicted octanol–water partition coefficient (Wildman–Crippen LogP) is 2.06. The van der Waals surface area contributed by atoms with Crippen molar-refractivity contribution in [3.05, 3.63) is 48.0 Å². The Hall–Kier alpha value is -2.10. The molecule has 0 bridgehead atoms. The van der Waals surface area contributed by atoms with E-state index in [1.54, 1.807) is 0 Å². The molecule has 0 N–H and O–H groups in total. The van der Waals surface area contributed by atoms with Crippen LogP contribution in [0.4, 0.5) is 5.69 Å². The average molecular weight is 255 g/mol. The minimum Gasteiger partial charge on any atom is -0.370 e. The molecule has 19 heavy (non-hydrogen) atoms. The number of hydrogen-bond donors (Lipinski definition) is 0. The van der Waals surface area contributed by atoms with Gasteiger partial charge in [0.1, 0.15) is 5.82 Å². The highest BCUT2D eigenvalue weighted by Gasteiger charge is 2.22. The van der Waals surface area contributed by atoms with Crippen LogP contribution in [0.25, 0.3) is 0 Å². The van der Waals surface area contributed by atoms with Crippen LogP contribution in [0.15, 0.2) is 36.7 Å². The third-order valence-electron chi connectivity index (χ3n) is 3.68. The highest BCUT2D eigenvalue weighted by Crippen LogP contribution is 2.26. The molecule has 0 saturated carbocycles. The molecule has 4 heteroatoms. The van der Waals surface area contributed by atoms with Crippen molar-refractivity contribution in [2.24, 2.45) is 7.05 Å². The Morgan fingerprint density at radius 3 is 2.95 bits per heavy atom. The number of aromatic nitrogens is 2. The van der Waals surface area contributed by atoms with E-state index in [1.807, 2.05) is 48.3 Å². The quantitative estimate of drug-likeness (QED) is 0.842. The molecule has 0 spiro atoms. The molecule has 2 aromatic rings. The van der Waals surface area contributed by atoms with Gasteiger partial charge in [0, 0.05) is 56.6 Å². The molecule has 1 aliphatic heterocycles. The van der Waals surface area contributed by atoms with Gasteiger partial charge in [-0.05, 0) is 12.1 Å². The largest absolute Gasteiger partial charge is 0.370 e. The second-order valence-electron chi connectivity index (χ2n) is 4.88. The standard InChI is InChI=1S/C15H17N3O/c1-17-11-8-16-15(17)7-10-18-9-6-14(19)12-4-2-3-5-13(12)18/h2-5,8,11H,6-7,9-10H2,1H3. The number of imidazole rings is 1. The molecule has 0 unspecified atom stereocenters. The number of fused-ring (bicyclic) bond motifs is 1. The van der Waals surface area contributed by atoms with Gasteiger partial charge in [0.15, 0.2) is 5.78 Å². The Labute approximate surface area is 112 Å². The molecule has 0 radical (unpaired) electrons. The highest BCUT2D eigenvalue weighted by atomic mass is 16.1. The zero-order valence-electron chi connectivity index (χ0n) is 11.0. The van der Waals surface area contributed by atoms with E-state index < -0.39 is 0 Å². The Morgan fingerprint density at radius 1 is 1.32 bits per heavy atom. The second-order valence-corrected chi connectivity index (χ2v) is 4.88. The SMILES string of the molecule is Cn1ccnc1CCN1CCC(=O)c2ccccc21. The number of hydrogen-bond acceptors (Lipinski definition) is 3. The van der Waals surface area contributed by atoms with Crippen molar-refractivity contribution in [1.29, 1.82) is 0 Å². The number of aryl methyl sites for hydroxylation is 1. The van der Waals surface area contributed by atoms with E-state index in [2.05, 4.69) is 9.88 Å². The molecule has 4 nitrogen and oxygen atoms in total. The van der Waals surface area contributed by atoms with Gasteiger partial charge < -0.3 is 9.47 Å². The summed E-state index contributed by atoms with van der Waals surface area (Å²) < 4.78 is 2.04. The fraction of sp³-hybridized carbons (Fsp3) is 0.333. The number of carbonyl (C=O) groups excluding carboxylic acids is 1. The number of para-hydroxylation sites is 1. The van der Waals surface area contributed by atoms with Crippen molar-refractivity contribution in [2.45, 2.75) is 12.8 Å². The van der Waals surface area contributed by atoms with Crippen LogP contribution in [-0.2, 0) is 13.5 Å². The molecule has 0 saturated heterocycles. The first-order valence-corrected chi connectivity index (χ1v) is 6.59. The van der Waals surface area contributed by atoms with Crippen LogP contribution in [0.3, 0.4) is 0 Å². The Morgan fingerprint density at radius 2 is 2.16 bits per heavy atom. The number of rotatable bonds is 3. The predicted molar refractivity (Wildman–Crippen MR) is 74.5 cm³/mol. The van der Waals surface area contributed by atoms with E-state index in [0.29, 0.717) is 6.42 Å². The van der Waals surface area contributed by atoms with E-state index in [4.69, 9.17) is 0 Å². The van der Waals surface area contributed by atoms with Gasteiger partial charge in [-0.1, -0.05) is 12.1 Å². The van der Waals surface area contributed by atoms with Crippen LogP contribution in [0, 0.1) is 0 Å². The third kappa shape index (κ3) is 2.26. The number of nitrogens with zero attached hydrogens (tertiary/aromatic N) is 3. The molecular formula is C15H17N3O. The second kappa shape index (κ2) is 4.88. The molecular weight excluding hydrogens is 238 g/mol. The molecule has 1 aliphatic rings. The topological polar surface area (TPSA) is 38.1 Å². The fourth-order valence-corrected chi connectivity index (χ4v) is 2.58. The van der Waals surface area contributed by atoms with Crippen molar-refractivity contribution in [2.75, 3.05) is 18.0 Å². The first kappa shape index (κ1) is 12.0. The number of Topliss-reactive ketones (excluding diaryl/α,β-unsaturated/α-hetero) is 1. The maximum Gasteiger partial charge on any atom is 0.166 e. The van der Waals surface area contributed by atoms with Gasteiger partial charge in [-0.2, -0.15) is 0 Å². The molecule has 1 aromatic heterocycles. The minimum absolute atomic E-state index is 0.254. The number of anilines is 1. The van der Waals surface area contributed by atoms with E-state index in [0.717, 1.165) is 36.6 Å². The lowest BCUT2D eigenvalue weighted by Crippen LogP contribution is -2.34. The molecule has 1 aromatic carbocycles. The summed E-state index contributed by atoms with van der Waals surface area (Å²) in [7, 11) is 2.01. The van der Waals surface area contributed by atoms with E-state index in [-0.39, 0.29) is 5.78 Å². The first-order valence-electron chi connectivity index (χ1n) is 6.59. The molecule has 98 valence electrons. The monoisotopic (exact) mass is 255 g/mol. The molecule has 3 rings (SSSR count). The lowest BCUT2D eigenvalue weighted by Gasteiger charge is -2.30. The highest BCUT2D eigenvalue weighted by molar-refractivity contribution is 6.03. The number of ketones is 1. The summed E-state index contributed by atoms with van der Waals surface area (Å²) in [6, 6.07) is 7.87. The van der Waals surface area contributed by atoms with Crippen LogP contribution in [0.2, 0.25) is 0 Å². The Kier molecular flexibility index (Phi) is 3.07. The van der Waals surface area contributed by atoms with Gasteiger partial charge in [-0.3, -0.25) is 4.79 Å². The van der Waals surface area contributed by atoms with Gasteiger partial charge in [-0.15, -0.1) is 0 Å². The van der Waals surface area contributed by atoms with Crippen LogP contribution < -0.4 is 4.90 Å². The zero-order chi connectivity index (χ0) is 13.2. The lowest BCUT2D eigenvalue weighted by molar-refractivity contribution is 0.0980. The Bertz CT molecular complexity index is 603. The van der Waals surface area contributed by atoms with Gasteiger partial charge in [0.2, 0.25) is 0 Å². The summed E-state index contributed by atoms with van der Waals surface area (Å²) in [6.45, 7) is 1.70. The van der Waals surface area contributed by atoms with Crippen LogP contribution in [-0.4, -0.2) is 28.4 Å². The number of carbonyl (C=O) groups is 1. The van der Waals surface area contributed by atoms with Crippen molar-refractivity contribution in [3.63, 3.8) is 0 Å². The fourth-order valence-electron chi connectivity index (χ4n) is 2.58. The molecule has 0 atom stereocenters. The van der Waals surface area contributed by atoms with E-state index in [9.17, 15) is 4.79 Å². The molecule has 0 fully saturated rings. The number of benzene rings is 1. The normalized spacial score (nSPS) is 14.6. The van der Waals surface area contributed by atoms with Gasteiger partial charge >= 0.3 is 0 Å². The van der Waals surface area contributed by atoms with Crippen molar-refractivity contribution < 1.29 is 4.79 Å². The van der Waals surface area contributed by atoms with Crippen LogP contribution in [0.1, 0.15) is 22.6 Å². The summed E-state index contributed by atoms with van der Waals surface area (Å²) in [5.74, 6) is 1.33. The minimum atomic E-state index is 0.254.